The van der Waals surface area contributed by atoms with Gasteiger partial charge >= 0.3 is 5.97 Å². The fourth-order valence-corrected chi connectivity index (χ4v) is 2.79. The molecule has 1 fully saturated rings. The monoisotopic (exact) mass is 273 g/mol. The molecule has 0 amide bonds. The molecule has 1 aliphatic rings. The van der Waals surface area contributed by atoms with Crippen molar-refractivity contribution >= 4 is 11.7 Å². The molecule has 20 heavy (non-hydrogen) atoms. The average molecular weight is 273 g/mol. The Morgan fingerprint density at radius 2 is 2.45 bits per heavy atom. The normalized spacial score (nSPS) is 20.2. The van der Waals surface area contributed by atoms with Crippen LogP contribution in [0.1, 0.15) is 31.9 Å². The summed E-state index contributed by atoms with van der Waals surface area (Å²) in [7, 11) is 0. The first-order valence-electron chi connectivity index (χ1n) is 6.93. The number of carboxylic acids is 1. The highest BCUT2D eigenvalue weighted by atomic mass is 16.4. The summed E-state index contributed by atoms with van der Waals surface area (Å²) in [5, 5.41) is 17.7. The molecule has 1 aromatic rings. The zero-order valence-corrected chi connectivity index (χ0v) is 11.6. The lowest BCUT2D eigenvalue weighted by molar-refractivity contribution is -0.138. The fraction of sp³-hybridized carbons (Fsp3) is 0.533. The maximum Gasteiger partial charge on any atom is 0.303 e. The Kier molecular flexibility index (Phi) is 4.57. The van der Waals surface area contributed by atoms with Gasteiger partial charge in [0, 0.05) is 19.5 Å². The van der Waals surface area contributed by atoms with Gasteiger partial charge in [-0.05, 0) is 36.8 Å². The Morgan fingerprint density at radius 3 is 3.05 bits per heavy atom. The van der Waals surface area contributed by atoms with Crippen molar-refractivity contribution in [2.24, 2.45) is 11.8 Å². The van der Waals surface area contributed by atoms with Crippen molar-refractivity contribution in [3.63, 3.8) is 0 Å². The molecule has 2 heterocycles. The number of nitrogens with zero attached hydrogens (tertiary/aromatic N) is 3. The number of nitriles is 1. The number of aromatic nitrogens is 1. The van der Waals surface area contributed by atoms with Gasteiger partial charge < -0.3 is 10.0 Å². The number of anilines is 1. The fourth-order valence-electron chi connectivity index (χ4n) is 2.79. The van der Waals surface area contributed by atoms with Crippen molar-refractivity contribution in [3.8, 4) is 6.07 Å². The van der Waals surface area contributed by atoms with Gasteiger partial charge in [-0.15, -0.1) is 0 Å². The molecule has 0 spiro atoms. The number of hydrogen-bond donors (Lipinski definition) is 1. The van der Waals surface area contributed by atoms with Crippen LogP contribution in [0.25, 0.3) is 0 Å². The molecule has 0 saturated carbocycles. The number of carbonyl (C=O) groups is 1. The van der Waals surface area contributed by atoms with E-state index in [1.165, 1.54) is 0 Å². The SMILES string of the molecule is CC(CC(=O)O)C1CCCN(c2ccc(C#N)nc2)C1. The third-order valence-corrected chi connectivity index (χ3v) is 3.99. The van der Waals surface area contributed by atoms with E-state index in [-0.39, 0.29) is 12.3 Å². The molecular weight excluding hydrogens is 254 g/mol. The Labute approximate surface area is 118 Å². The summed E-state index contributed by atoms with van der Waals surface area (Å²) in [6, 6.07) is 5.65. The molecule has 1 aromatic heterocycles. The molecule has 0 radical (unpaired) electrons. The van der Waals surface area contributed by atoms with Gasteiger partial charge in [0.1, 0.15) is 11.8 Å². The van der Waals surface area contributed by atoms with E-state index in [1.807, 2.05) is 19.1 Å². The number of carboxylic acid groups (broad SMARTS) is 1. The lowest BCUT2D eigenvalue weighted by Crippen LogP contribution is -2.38. The quantitative estimate of drug-likeness (QED) is 0.910. The van der Waals surface area contributed by atoms with E-state index < -0.39 is 5.97 Å². The number of piperidine rings is 1. The van der Waals surface area contributed by atoms with E-state index in [0.717, 1.165) is 31.6 Å². The standard InChI is InChI=1S/C15H19N3O2/c1-11(7-15(19)20)12-3-2-6-18(10-12)14-5-4-13(8-16)17-9-14/h4-5,9,11-12H,2-3,6-7,10H2,1H3,(H,19,20). The molecule has 1 aliphatic heterocycles. The van der Waals surface area contributed by atoms with Crippen LogP contribution in [0.3, 0.4) is 0 Å². The van der Waals surface area contributed by atoms with Gasteiger partial charge in [0.05, 0.1) is 11.9 Å². The van der Waals surface area contributed by atoms with Crippen molar-refractivity contribution in [3.05, 3.63) is 24.0 Å². The van der Waals surface area contributed by atoms with Gasteiger partial charge in [0.2, 0.25) is 0 Å². The number of hydrogen-bond acceptors (Lipinski definition) is 4. The summed E-state index contributed by atoms with van der Waals surface area (Å²) in [6.45, 7) is 3.84. The topological polar surface area (TPSA) is 77.2 Å². The summed E-state index contributed by atoms with van der Waals surface area (Å²) < 4.78 is 0. The van der Waals surface area contributed by atoms with Crippen LogP contribution in [0.5, 0.6) is 0 Å². The van der Waals surface area contributed by atoms with Crippen LogP contribution in [-0.4, -0.2) is 29.1 Å². The van der Waals surface area contributed by atoms with Gasteiger partial charge in [-0.2, -0.15) is 5.26 Å². The molecule has 0 aromatic carbocycles. The molecule has 5 heteroatoms. The van der Waals surface area contributed by atoms with Gasteiger partial charge in [0.25, 0.3) is 0 Å². The highest BCUT2D eigenvalue weighted by Crippen LogP contribution is 2.28. The molecule has 0 aliphatic carbocycles. The van der Waals surface area contributed by atoms with Gasteiger partial charge in [-0.1, -0.05) is 6.92 Å². The van der Waals surface area contributed by atoms with E-state index >= 15 is 0 Å². The Balaban J connectivity index is 2.02. The largest absolute Gasteiger partial charge is 0.481 e. The molecule has 1 N–H and O–H groups in total. The third kappa shape index (κ3) is 3.47. The van der Waals surface area contributed by atoms with Crippen molar-refractivity contribution in [1.82, 2.24) is 4.98 Å². The van der Waals surface area contributed by atoms with Crippen LogP contribution >= 0.6 is 0 Å². The first kappa shape index (κ1) is 14.3. The maximum absolute atomic E-state index is 10.8. The summed E-state index contributed by atoms with van der Waals surface area (Å²) in [5.41, 5.74) is 1.43. The van der Waals surface area contributed by atoms with Crippen molar-refractivity contribution in [2.75, 3.05) is 18.0 Å². The highest BCUT2D eigenvalue weighted by molar-refractivity contribution is 5.67. The first-order chi connectivity index (χ1) is 9.60. The molecule has 2 unspecified atom stereocenters. The van der Waals surface area contributed by atoms with Gasteiger partial charge in [-0.3, -0.25) is 4.79 Å². The number of pyridine rings is 1. The second kappa shape index (κ2) is 6.38. The Bertz CT molecular complexity index is 507. The molecular formula is C15H19N3O2. The van der Waals surface area contributed by atoms with E-state index in [1.54, 1.807) is 12.3 Å². The highest BCUT2D eigenvalue weighted by Gasteiger charge is 2.26. The first-order valence-corrected chi connectivity index (χ1v) is 6.93. The lowest BCUT2D eigenvalue weighted by atomic mass is 9.84. The summed E-state index contributed by atoms with van der Waals surface area (Å²) in [4.78, 5) is 17.2. The Hall–Kier alpha value is -2.09. The van der Waals surface area contributed by atoms with Crippen molar-refractivity contribution in [2.45, 2.75) is 26.2 Å². The molecule has 2 rings (SSSR count). The van der Waals surface area contributed by atoms with Crippen LogP contribution in [0.4, 0.5) is 5.69 Å². The van der Waals surface area contributed by atoms with E-state index in [0.29, 0.717) is 11.6 Å². The van der Waals surface area contributed by atoms with E-state index in [2.05, 4.69) is 9.88 Å². The van der Waals surface area contributed by atoms with Crippen LogP contribution in [-0.2, 0) is 4.79 Å². The number of rotatable bonds is 4. The predicted molar refractivity (Wildman–Crippen MR) is 75.3 cm³/mol. The van der Waals surface area contributed by atoms with Crippen LogP contribution in [0, 0.1) is 23.2 Å². The minimum absolute atomic E-state index is 0.182. The third-order valence-electron chi connectivity index (χ3n) is 3.99. The van der Waals surface area contributed by atoms with Gasteiger partial charge in [-0.25, -0.2) is 4.98 Å². The minimum atomic E-state index is -0.727. The van der Waals surface area contributed by atoms with Crippen LogP contribution in [0.2, 0.25) is 0 Å². The zero-order valence-electron chi connectivity index (χ0n) is 11.6. The minimum Gasteiger partial charge on any atom is -0.481 e. The summed E-state index contributed by atoms with van der Waals surface area (Å²) in [5.74, 6) is -0.146. The van der Waals surface area contributed by atoms with E-state index in [9.17, 15) is 4.79 Å². The molecule has 1 saturated heterocycles. The maximum atomic E-state index is 10.8. The van der Waals surface area contributed by atoms with E-state index in [4.69, 9.17) is 10.4 Å². The smallest absolute Gasteiger partial charge is 0.303 e. The van der Waals surface area contributed by atoms with Crippen LogP contribution < -0.4 is 4.90 Å². The lowest BCUT2D eigenvalue weighted by Gasteiger charge is -2.36. The van der Waals surface area contributed by atoms with Gasteiger partial charge in [0.15, 0.2) is 0 Å². The molecule has 0 bridgehead atoms. The average Bonchev–Trinajstić information content (AvgIpc) is 2.47. The second-order valence-corrected chi connectivity index (χ2v) is 5.44. The Morgan fingerprint density at radius 1 is 1.65 bits per heavy atom. The van der Waals surface area contributed by atoms with Crippen molar-refractivity contribution in [1.29, 1.82) is 5.26 Å². The predicted octanol–water partition coefficient (Wildman–Crippen LogP) is 2.28. The van der Waals surface area contributed by atoms with Crippen LogP contribution in [0.15, 0.2) is 18.3 Å². The molecule has 106 valence electrons. The second-order valence-electron chi connectivity index (χ2n) is 5.44. The molecule has 2 atom stereocenters. The molecule has 5 nitrogen and oxygen atoms in total. The summed E-state index contributed by atoms with van der Waals surface area (Å²) in [6.07, 6.45) is 4.09. The summed E-state index contributed by atoms with van der Waals surface area (Å²) >= 11 is 0. The number of aliphatic carboxylic acids is 1. The zero-order chi connectivity index (χ0) is 14.5. The van der Waals surface area contributed by atoms with Crippen molar-refractivity contribution < 1.29 is 9.90 Å².